The van der Waals surface area contributed by atoms with Crippen LogP contribution < -0.4 is 0 Å². The van der Waals surface area contributed by atoms with Crippen molar-refractivity contribution >= 4 is 5.78 Å². The third kappa shape index (κ3) is 2.18. The van der Waals surface area contributed by atoms with E-state index in [2.05, 4.69) is 9.47 Å². The zero-order chi connectivity index (χ0) is 8.27. The molecule has 0 radical (unpaired) electrons. The first kappa shape index (κ1) is 7.97. The van der Waals surface area contributed by atoms with E-state index in [0.717, 1.165) is 0 Å². The summed E-state index contributed by atoms with van der Waals surface area (Å²) < 4.78 is 32.4. The number of ether oxygens (including phenoxy) is 2. The maximum absolute atomic E-state index is 11.6. The smallest absolute Gasteiger partial charge is 0.296 e. The molecule has 3 nitrogen and oxygen atoms in total. The number of ketones is 1. The van der Waals surface area contributed by atoms with E-state index in [4.69, 9.17) is 0 Å². The lowest BCUT2D eigenvalue weighted by molar-refractivity contribution is -0.136. The summed E-state index contributed by atoms with van der Waals surface area (Å²) in [6, 6.07) is 0. The molecule has 0 aliphatic carbocycles. The minimum Gasteiger partial charge on any atom is -0.459 e. The van der Waals surface area contributed by atoms with Crippen LogP contribution >= 0.6 is 0 Å². The average molecular weight is 164 g/mol. The minimum atomic E-state index is -2.94. The zero-order valence-electron chi connectivity index (χ0n) is 5.50. The molecule has 0 amide bonds. The Morgan fingerprint density at radius 3 is 2.45 bits per heavy atom. The number of rotatable bonds is 3. The molecule has 5 heteroatoms. The molecule has 0 saturated heterocycles. The van der Waals surface area contributed by atoms with E-state index in [1.54, 1.807) is 0 Å². The van der Waals surface area contributed by atoms with Crippen LogP contribution in [-0.2, 0) is 14.3 Å². The molecule has 11 heavy (non-hydrogen) atoms. The monoisotopic (exact) mass is 164 g/mol. The first-order chi connectivity index (χ1) is 5.20. The van der Waals surface area contributed by atoms with E-state index in [1.807, 2.05) is 0 Å². The molecule has 1 aliphatic rings. The molecule has 1 aliphatic heterocycles. The largest absolute Gasteiger partial charge is 0.459 e. The van der Waals surface area contributed by atoms with Crippen LogP contribution in [0.1, 0.15) is 6.42 Å². The Kier molecular flexibility index (Phi) is 2.40. The van der Waals surface area contributed by atoms with Gasteiger partial charge in [0, 0.05) is 0 Å². The summed E-state index contributed by atoms with van der Waals surface area (Å²) in [5, 5.41) is 0. The molecule has 0 unspecified atom stereocenters. The Labute approximate surface area is 61.6 Å². The number of carbonyl (C=O) groups is 1. The Morgan fingerprint density at radius 2 is 2.00 bits per heavy atom. The molecule has 0 fully saturated rings. The fraction of sp³-hybridized carbons (Fsp3) is 0.500. The number of halogens is 2. The Bertz CT molecular complexity index is 171. The van der Waals surface area contributed by atoms with Crippen molar-refractivity contribution in [1.29, 1.82) is 0 Å². The van der Waals surface area contributed by atoms with Crippen LogP contribution in [0.4, 0.5) is 8.78 Å². The number of carbonyl (C=O) groups excluding carboxylic acids is 1. The van der Waals surface area contributed by atoms with Gasteiger partial charge >= 0.3 is 0 Å². The number of hydrogen-bond donors (Lipinski definition) is 0. The molecule has 1 heterocycles. The first-order valence-corrected chi connectivity index (χ1v) is 2.97. The maximum Gasteiger partial charge on any atom is 0.296 e. The first-order valence-electron chi connectivity index (χ1n) is 2.97. The molecular weight excluding hydrogens is 158 g/mol. The Morgan fingerprint density at radius 1 is 1.45 bits per heavy atom. The lowest BCUT2D eigenvalue weighted by Gasteiger charge is -2.07. The van der Waals surface area contributed by atoms with Crippen LogP contribution in [0.3, 0.4) is 0 Å². The van der Waals surface area contributed by atoms with Crippen molar-refractivity contribution < 1.29 is 23.0 Å². The molecule has 0 bridgehead atoms. The van der Waals surface area contributed by atoms with Crippen molar-refractivity contribution in [2.75, 3.05) is 0 Å². The highest BCUT2D eigenvalue weighted by molar-refractivity contribution is 5.81. The third-order valence-corrected chi connectivity index (χ3v) is 1.13. The SMILES string of the molecule is O=C(CC1OC=CO1)C(F)F. The zero-order valence-corrected chi connectivity index (χ0v) is 5.50. The predicted molar refractivity (Wildman–Crippen MR) is 30.7 cm³/mol. The normalized spacial score (nSPS) is 16.6. The van der Waals surface area contributed by atoms with Gasteiger partial charge in [-0.2, -0.15) is 0 Å². The summed E-state index contributed by atoms with van der Waals surface area (Å²) in [7, 11) is 0. The molecule has 0 atom stereocenters. The fourth-order valence-electron chi connectivity index (χ4n) is 0.621. The molecule has 0 N–H and O–H groups in total. The molecule has 0 spiro atoms. The topological polar surface area (TPSA) is 35.5 Å². The Hall–Kier alpha value is -1.13. The summed E-state index contributed by atoms with van der Waals surface area (Å²) >= 11 is 0. The predicted octanol–water partition coefficient (Wildman–Crippen LogP) is 1.05. The van der Waals surface area contributed by atoms with Crippen molar-refractivity contribution in [1.82, 2.24) is 0 Å². The summed E-state index contributed by atoms with van der Waals surface area (Å²) in [4.78, 5) is 10.4. The van der Waals surface area contributed by atoms with Crippen molar-refractivity contribution in [2.45, 2.75) is 19.1 Å². The van der Waals surface area contributed by atoms with Gasteiger partial charge in [0.25, 0.3) is 6.43 Å². The van der Waals surface area contributed by atoms with E-state index in [1.165, 1.54) is 12.5 Å². The quantitative estimate of drug-likeness (QED) is 0.625. The molecule has 62 valence electrons. The van der Waals surface area contributed by atoms with Crippen LogP contribution in [0.2, 0.25) is 0 Å². The number of alkyl halides is 2. The molecule has 1 rings (SSSR count). The van der Waals surface area contributed by atoms with E-state index in [9.17, 15) is 13.6 Å². The second-order valence-corrected chi connectivity index (χ2v) is 1.95. The van der Waals surface area contributed by atoms with Crippen LogP contribution in [-0.4, -0.2) is 18.5 Å². The van der Waals surface area contributed by atoms with Crippen molar-refractivity contribution in [3.8, 4) is 0 Å². The van der Waals surface area contributed by atoms with Gasteiger partial charge in [-0.1, -0.05) is 0 Å². The highest BCUT2D eigenvalue weighted by Gasteiger charge is 2.23. The molecule has 0 aromatic rings. The van der Waals surface area contributed by atoms with E-state index in [0.29, 0.717) is 0 Å². The molecular formula is C6H6F2O3. The summed E-state index contributed by atoms with van der Waals surface area (Å²) in [5.74, 6) is -1.17. The highest BCUT2D eigenvalue weighted by Crippen LogP contribution is 2.11. The third-order valence-electron chi connectivity index (χ3n) is 1.13. The van der Waals surface area contributed by atoms with Gasteiger partial charge in [-0.25, -0.2) is 8.78 Å². The average Bonchev–Trinajstić information content (AvgIpc) is 2.39. The van der Waals surface area contributed by atoms with Crippen molar-refractivity contribution in [3.05, 3.63) is 12.5 Å². The van der Waals surface area contributed by atoms with E-state index >= 15 is 0 Å². The lowest BCUT2D eigenvalue weighted by atomic mass is 10.3. The molecule has 0 aromatic heterocycles. The maximum atomic E-state index is 11.6. The van der Waals surface area contributed by atoms with Gasteiger partial charge in [-0.3, -0.25) is 4.79 Å². The van der Waals surface area contributed by atoms with Gasteiger partial charge in [0.1, 0.15) is 12.5 Å². The second-order valence-electron chi connectivity index (χ2n) is 1.95. The summed E-state index contributed by atoms with van der Waals surface area (Å²) in [5.41, 5.74) is 0. The van der Waals surface area contributed by atoms with Crippen molar-refractivity contribution in [3.63, 3.8) is 0 Å². The van der Waals surface area contributed by atoms with Gasteiger partial charge in [0.2, 0.25) is 12.1 Å². The lowest BCUT2D eigenvalue weighted by Crippen LogP contribution is -2.19. The van der Waals surface area contributed by atoms with Crippen LogP contribution in [0.15, 0.2) is 12.5 Å². The standard InChI is InChI=1S/C6H6F2O3/c7-6(8)4(9)3-5-10-1-2-11-5/h1-2,5-6H,3H2. The van der Waals surface area contributed by atoms with Crippen LogP contribution in [0.5, 0.6) is 0 Å². The van der Waals surface area contributed by atoms with Crippen molar-refractivity contribution in [2.24, 2.45) is 0 Å². The van der Waals surface area contributed by atoms with Crippen LogP contribution in [0, 0.1) is 0 Å². The number of hydrogen-bond acceptors (Lipinski definition) is 3. The van der Waals surface area contributed by atoms with Gasteiger partial charge in [0.05, 0.1) is 6.42 Å². The minimum absolute atomic E-state index is 0.412. The van der Waals surface area contributed by atoms with E-state index in [-0.39, 0.29) is 0 Å². The van der Waals surface area contributed by atoms with Crippen LogP contribution in [0.25, 0.3) is 0 Å². The summed E-state index contributed by atoms with van der Waals surface area (Å²) in [6.45, 7) is 0. The highest BCUT2D eigenvalue weighted by atomic mass is 19.3. The van der Waals surface area contributed by atoms with Gasteiger partial charge in [-0.15, -0.1) is 0 Å². The van der Waals surface area contributed by atoms with Gasteiger partial charge in [0.15, 0.2) is 0 Å². The fourth-order valence-corrected chi connectivity index (χ4v) is 0.621. The van der Waals surface area contributed by atoms with Gasteiger partial charge in [-0.05, 0) is 0 Å². The Balaban J connectivity index is 2.25. The van der Waals surface area contributed by atoms with E-state index < -0.39 is 24.9 Å². The summed E-state index contributed by atoms with van der Waals surface area (Å²) in [6.07, 6.45) is -1.79. The molecule has 0 aromatic carbocycles. The van der Waals surface area contributed by atoms with Gasteiger partial charge < -0.3 is 9.47 Å². The number of Topliss-reactive ketones (excluding diaryl/α,β-unsaturated/α-hetero) is 1. The molecule has 0 saturated carbocycles. The second kappa shape index (κ2) is 3.32.